The molecule has 0 amide bonds. The molecule has 0 unspecified atom stereocenters. The number of ether oxygens (including phenoxy) is 1. The van der Waals surface area contributed by atoms with E-state index in [2.05, 4.69) is 51.9 Å². The van der Waals surface area contributed by atoms with Gasteiger partial charge in [0.1, 0.15) is 13.1 Å². The summed E-state index contributed by atoms with van der Waals surface area (Å²) in [6.07, 6.45) is 8.22. The molecule has 0 radical (unpaired) electrons. The van der Waals surface area contributed by atoms with Crippen LogP contribution in [0.2, 0.25) is 0 Å². The summed E-state index contributed by atoms with van der Waals surface area (Å²) in [5.74, 6) is 0.892. The van der Waals surface area contributed by atoms with E-state index in [1.54, 1.807) is 12.7 Å². The number of aliphatic hydroxyl groups is 1. The van der Waals surface area contributed by atoms with E-state index >= 15 is 0 Å². The fourth-order valence-electron chi connectivity index (χ4n) is 4.15. The lowest BCUT2D eigenvalue weighted by atomic mass is 10.0. The molecule has 1 aromatic carbocycles. The molecule has 29 heavy (non-hydrogen) atoms. The van der Waals surface area contributed by atoms with E-state index in [4.69, 9.17) is 9.84 Å². The molecule has 0 spiro atoms. The van der Waals surface area contributed by atoms with Crippen molar-refractivity contribution in [2.75, 3.05) is 18.1 Å². The van der Waals surface area contributed by atoms with Gasteiger partial charge in [-0.05, 0) is 37.8 Å². The van der Waals surface area contributed by atoms with E-state index < -0.39 is 0 Å². The molecule has 0 saturated heterocycles. The van der Waals surface area contributed by atoms with Crippen LogP contribution in [0.4, 0.5) is 5.82 Å². The molecule has 2 aromatic heterocycles. The zero-order valence-corrected chi connectivity index (χ0v) is 17.2. The summed E-state index contributed by atoms with van der Waals surface area (Å²) in [7, 11) is 0. The smallest absolute Gasteiger partial charge is 0.167 e. The number of hydrogen-bond donors (Lipinski definition) is 1. The summed E-state index contributed by atoms with van der Waals surface area (Å²) in [6, 6.07) is 7.09. The third-order valence-electron chi connectivity index (χ3n) is 5.73. The highest BCUT2D eigenvalue weighted by molar-refractivity contribution is 5.83. The highest BCUT2D eigenvalue weighted by Gasteiger charge is 2.27. The van der Waals surface area contributed by atoms with Crippen LogP contribution in [0.1, 0.15) is 42.4 Å². The third-order valence-corrected chi connectivity index (χ3v) is 5.73. The molecule has 0 bridgehead atoms. The van der Waals surface area contributed by atoms with Crippen molar-refractivity contribution in [1.29, 1.82) is 0 Å². The second-order valence-electron chi connectivity index (χ2n) is 7.84. The Bertz CT molecular complexity index is 965. The highest BCUT2D eigenvalue weighted by atomic mass is 16.5. The van der Waals surface area contributed by atoms with Gasteiger partial charge >= 0.3 is 0 Å². The second kappa shape index (κ2) is 8.88. The van der Waals surface area contributed by atoms with Crippen molar-refractivity contribution < 1.29 is 9.84 Å². The minimum absolute atomic E-state index is 0.00182. The maximum Gasteiger partial charge on any atom is 0.167 e. The van der Waals surface area contributed by atoms with E-state index in [9.17, 15) is 0 Å². The van der Waals surface area contributed by atoms with Crippen molar-refractivity contribution in [1.82, 2.24) is 19.5 Å². The van der Waals surface area contributed by atoms with Crippen LogP contribution < -0.4 is 4.90 Å². The first-order chi connectivity index (χ1) is 14.2. The minimum Gasteiger partial charge on any atom is -0.394 e. The molecule has 2 heterocycles. The van der Waals surface area contributed by atoms with Gasteiger partial charge in [0.25, 0.3) is 0 Å². The molecule has 1 saturated carbocycles. The van der Waals surface area contributed by atoms with Gasteiger partial charge in [-0.15, -0.1) is 0 Å². The molecule has 1 N–H and O–H groups in total. The number of anilines is 1. The Morgan fingerprint density at radius 2 is 2.00 bits per heavy atom. The van der Waals surface area contributed by atoms with Crippen LogP contribution in [-0.4, -0.2) is 43.9 Å². The second-order valence-corrected chi connectivity index (χ2v) is 7.84. The van der Waals surface area contributed by atoms with Crippen LogP contribution in [0.5, 0.6) is 0 Å². The first-order valence-corrected chi connectivity index (χ1v) is 10.3. The number of benzene rings is 1. The molecule has 7 nitrogen and oxygen atoms in total. The number of aryl methyl sites for hydroxylation is 2. The number of nitrogens with zero attached hydrogens (tertiary/aromatic N) is 5. The number of imidazole rings is 1. The number of hydrogen-bond acceptors (Lipinski definition) is 6. The fourth-order valence-corrected chi connectivity index (χ4v) is 4.15. The third kappa shape index (κ3) is 4.26. The number of rotatable bonds is 8. The predicted octanol–water partition coefficient (Wildman–Crippen LogP) is 3.36. The van der Waals surface area contributed by atoms with Crippen molar-refractivity contribution in [2.24, 2.45) is 0 Å². The summed E-state index contributed by atoms with van der Waals surface area (Å²) in [4.78, 5) is 16.2. The summed E-state index contributed by atoms with van der Waals surface area (Å²) < 4.78 is 7.32. The van der Waals surface area contributed by atoms with Gasteiger partial charge in [-0.1, -0.05) is 36.6 Å². The summed E-state index contributed by atoms with van der Waals surface area (Å²) in [5, 5.41) is 8.95. The first-order valence-electron chi connectivity index (χ1n) is 10.3. The molecule has 4 rings (SSSR count). The molecule has 3 aromatic rings. The van der Waals surface area contributed by atoms with Crippen LogP contribution in [0.3, 0.4) is 0 Å². The zero-order chi connectivity index (χ0) is 20.2. The Balaban J connectivity index is 1.70. The zero-order valence-electron chi connectivity index (χ0n) is 17.2. The number of aliphatic hydroxyl groups excluding tert-OH is 1. The van der Waals surface area contributed by atoms with Gasteiger partial charge in [-0.3, -0.25) is 4.57 Å². The van der Waals surface area contributed by atoms with Crippen LogP contribution in [0.25, 0.3) is 11.2 Å². The highest BCUT2D eigenvalue weighted by Crippen LogP contribution is 2.32. The Morgan fingerprint density at radius 1 is 1.17 bits per heavy atom. The SMILES string of the molecule is Cc1ccc(C)c(CN(c2ncnc3c2ncn3COCCO)C2CCCC2)c1. The van der Waals surface area contributed by atoms with E-state index in [1.807, 2.05) is 4.57 Å². The van der Waals surface area contributed by atoms with Crippen LogP contribution in [0, 0.1) is 13.8 Å². The fraction of sp³-hybridized carbons (Fsp3) is 0.500. The lowest BCUT2D eigenvalue weighted by molar-refractivity contribution is 0.0499. The molecule has 1 aliphatic rings. The van der Waals surface area contributed by atoms with Crippen molar-refractivity contribution in [3.8, 4) is 0 Å². The maximum absolute atomic E-state index is 8.95. The van der Waals surface area contributed by atoms with Crippen LogP contribution in [0.15, 0.2) is 30.9 Å². The lowest BCUT2D eigenvalue weighted by Crippen LogP contribution is -2.34. The van der Waals surface area contributed by atoms with Crippen molar-refractivity contribution in [3.05, 3.63) is 47.5 Å². The Morgan fingerprint density at radius 3 is 2.79 bits per heavy atom. The van der Waals surface area contributed by atoms with Gasteiger partial charge in [0.15, 0.2) is 17.0 Å². The normalized spacial score (nSPS) is 14.7. The average Bonchev–Trinajstić information content (AvgIpc) is 3.39. The summed E-state index contributed by atoms with van der Waals surface area (Å²) in [6.45, 7) is 5.73. The van der Waals surface area contributed by atoms with Gasteiger partial charge < -0.3 is 14.7 Å². The van der Waals surface area contributed by atoms with Crippen molar-refractivity contribution >= 4 is 17.0 Å². The standard InChI is InChI=1S/C22H29N5O2/c1-16-7-8-17(2)18(11-16)12-27(19-5-3-4-6-19)22-20-21(23-13-24-22)26(14-25-20)15-29-10-9-28/h7-8,11,13-14,19,28H,3-6,9-10,12,15H2,1-2H3. The molecule has 1 aliphatic carbocycles. The topological polar surface area (TPSA) is 76.3 Å². The van der Waals surface area contributed by atoms with Crippen molar-refractivity contribution in [2.45, 2.75) is 58.8 Å². The molecule has 0 aliphatic heterocycles. The molecular weight excluding hydrogens is 366 g/mol. The molecule has 154 valence electrons. The van der Waals surface area contributed by atoms with Crippen LogP contribution >= 0.6 is 0 Å². The largest absolute Gasteiger partial charge is 0.394 e. The van der Waals surface area contributed by atoms with E-state index in [1.165, 1.54) is 42.4 Å². The predicted molar refractivity (Wildman–Crippen MR) is 113 cm³/mol. The Hall–Kier alpha value is -2.51. The minimum atomic E-state index is -0.00182. The quantitative estimate of drug-likeness (QED) is 0.590. The van der Waals surface area contributed by atoms with E-state index in [0.29, 0.717) is 19.4 Å². The van der Waals surface area contributed by atoms with Crippen LogP contribution in [-0.2, 0) is 18.0 Å². The number of fused-ring (bicyclic) bond motifs is 1. The van der Waals surface area contributed by atoms with Gasteiger partial charge in [-0.2, -0.15) is 0 Å². The van der Waals surface area contributed by atoms with E-state index in [-0.39, 0.29) is 6.61 Å². The average molecular weight is 396 g/mol. The molecule has 0 atom stereocenters. The molecule has 1 fully saturated rings. The Kier molecular flexibility index (Phi) is 6.06. The summed E-state index contributed by atoms with van der Waals surface area (Å²) in [5.41, 5.74) is 5.46. The Labute approximate surface area is 171 Å². The monoisotopic (exact) mass is 395 g/mol. The maximum atomic E-state index is 8.95. The van der Waals surface area contributed by atoms with Gasteiger partial charge in [0, 0.05) is 12.6 Å². The lowest BCUT2D eigenvalue weighted by Gasteiger charge is -2.31. The number of aromatic nitrogens is 4. The molecular formula is C22H29N5O2. The molecule has 7 heteroatoms. The van der Waals surface area contributed by atoms with Gasteiger partial charge in [0.05, 0.1) is 19.5 Å². The summed E-state index contributed by atoms with van der Waals surface area (Å²) >= 11 is 0. The van der Waals surface area contributed by atoms with Gasteiger partial charge in [-0.25, -0.2) is 15.0 Å². The van der Waals surface area contributed by atoms with E-state index in [0.717, 1.165) is 23.5 Å². The van der Waals surface area contributed by atoms with Gasteiger partial charge in [0.2, 0.25) is 0 Å². The van der Waals surface area contributed by atoms with Crippen molar-refractivity contribution in [3.63, 3.8) is 0 Å². The first kappa shape index (κ1) is 19.8.